The molecule has 3 rings (SSSR count). The lowest BCUT2D eigenvalue weighted by atomic mass is 10.1. The molecule has 1 aliphatic rings. The van der Waals surface area contributed by atoms with Gasteiger partial charge < -0.3 is 10.2 Å². The first-order chi connectivity index (χ1) is 14.2. The predicted octanol–water partition coefficient (Wildman–Crippen LogP) is 4.43. The number of aryl methyl sites for hydroxylation is 1. The minimum absolute atomic E-state index is 0.316. The Morgan fingerprint density at radius 3 is 2.33 bits per heavy atom. The summed E-state index contributed by atoms with van der Waals surface area (Å²) in [5.74, 6) is -0.381. The molecule has 0 aliphatic carbocycles. The molecule has 0 aromatic heterocycles. The molecule has 0 bridgehead atoms. The van der Waals surface area contributed by atoms with Gasteiger partial charge in [-0.1, -0.05) is 24.6 Å². The second kappa shape index (κ2) is 9.27. The molecule has 1 amide bonds. The van der Waals surface area contributed by atoms with Crippen LogP contribution < -0.4 is 14.5 Å². The molecule has 1 atom stereocenters. The number of nitrogens with one attached hydrogen (secondary N) is 1. The van der Waals surface area contributed by atoms with Gasteiger partial charge in [0, 0.05) is 29.5 Å². The molecular formula is C22H28ClN3O3S. The minimum atomic E-state index is -3.71. The number of carbonyl (C=O) groups excluding carboxylic acids is 1. The van der Waals surface area contributed by atoms with Crippen LogP contribution in [0.25, 0.3) is 0 Å². The Morgan fingerprint density at radius 1 is 1.17 bits per heavy atom. The second-order valence-electron chi connectivity index (χ2n) is 7.65. The van der Waals surface area contributed by atoms with Crippen LogP contribution in [-0.4, -0.2) is 39.7 Å². The molecule has 8 heteroatoms. The maximum atomic E-state index is 13.0. The van der Waals surface area contributed by atoms with Gasteiger partial charge in [0.2, 0.25) is 15.9 Å². The lowest BCUT2D eigenvalue weighted by Crippen LogP contribution is -2.47. The van der Waals surface area contributed by atoms with Crippen LogP contribution in [0.4, 0.5) is 17.1 Å². The Kier molecular flexibility index (Phi) is 6.93. The van der Waals surface area contributed by atoms with E-state index in [-0.39, 0.29) is 5.91 Å². The predicted molar refractivity (Wildman–Crippen MR) is 124 cm³/mol. The van der Waals surface area contributed by atoms with Crippen LogP contribution in [-0.2, 0) is 14.8 Å². The average molecular weight is 450 g/mol. The van der Waals surface area contributed by atoms with E-state index in [2.05, 4.69) is 10.2 Å². The number of hydrogen-bond acceptors (Lipinski definition) is 4. The van der Waals surface area contributed by atoms with E-state index < -0.39 is 16.1 Å². The van der Waals surface area contributed by atoms with Crippen molar-refractivity contribution in [1.29, 1.82) is 0 Å². The number of carbonyl (C=O) groups is 1. The zero-order valence-corrected chi connectivity index (χ0v) is 19.1. The van der Waals surface area contributed by atoms with Crippen LogP contribution in [0.1, 0.15) is 31.7 Å². The maximum absolute atomic E-state index is 13.0. The standard InChI is InChI=1S/C22H28ClN3O3S/c1-4-21(26(30(3,28)29)19-10-7-16(2)20(23)15-19)22(27)24-17-8-11-18(12-9-17)25-13-5-6-14-25/h7-12,15,21H,4-6,13-14H2,1-3H3,(H,24,27)/t21-/m1/s1. The molecule has 0 radical (unpaired) electrons. The van der Waals surface area contributed by atoms with E-state index in [1.54, 1.807) is 25.1 Å². The Bertz CT molecular complexity index is 1000. The largest absolute Gasteiger partial charge is 0.372 e. The van der Waals surface area contributed by atoms with Crippen molar-refractivity contribution in [3.05, 3.63) is 53.1 Å². The third-order valence-electron chi connectivity index (χ3n) is 5.35. The van der Waals surface area contributed by atoms with Crippen LogP contribution in [0.5, 0.6) is 0 Å². The lowest BCUT2D eigenvalue weighted by Gasteiger charge is -2.30. The molecule has 0 unspecified atom stereocenters. The molecule has 30 heavy (non-hydrogen) atoms. The Morgan fingerprint density at radius 2 is 1.80 bits per heavy atom. The van der Waals surface area contributed by atoms with Gasteiger partial charge in [-0.3, -0.25) is 9.10 Å². The lowest BCUT2D eigenvalue weighted by molar-refractivity contribution is -0.117. The van der Waals surface area contributed by atoms with Gasteiger partial charge in [0.1, 0.15) is 6.04 Å². The van der Waals surface area contributed by atoms with Gasteiger partial charge >= 0.3 is 0 Å². The van der Waals surface area contributed by atoms with Crippen LogP contribution in [0.15, 0.2) is 42.5 Å². The minimum Gasteiger partial charge on any atom is -0.372 e. The van der Waals surface area contributed by atoms with Crippen molar-refractivity contribution in [2.24, 2.45) is 0 Å². The first kappa shape index (κ1) is 22.4. The fourth-order valence-corrected chi connectivity index (χ4v) is 5.11. The van der Waals surface area contributed by atoms with E-state index in [0.29, 0.717) is 22.8 Å². The van der Waals surface area contributed by atoms with Crippen molar-refractivity contribution in [2.75, 3.05) is 33.9 Å². The molecule has 2 aromatic rings. The van der Waals surface area contributed by atoms with Crippen LogP contribution in [0.2, 0.25) is 5.02 Å². The molecular weight excluding hydrogens is 422 g/mol. The van der Waals surface area contributed by atoms with Crippen LogP contribution in [0, 0.1) is 6.92 Å². The molecule has 2 aromatic carbocycles. The molecule has 162 valence electrons. The van der Waals surface area contributed by atoms with E-state index >= 15 is 0 Å². The average Bonchev–Trinajstić information content (AvgIpc) is 3.22. The zero-order valence-electron chi connectivity index (χ0n) is 17.6. The second-order valence-corrected chi connectivity index (χ2v) is 9.91. The summed E-state index contributed by atoms with van der Waals surface area (Å²) in [5, 5.41) is 3.32. The van der Waals surface area contributed by atoms with Gasteiger partial charge in [-0.2, -0.15) is 0 Å². The Labute approximate surface area is 183 Å². The summed E-state index contributed by atoms with van der Waals surface area (Å²) in [5.41, 5.74) is 2.98. The number of rotatable bonds is 7. The van der Waals surface area contributed by atoms with Gasteiger partial charge in [0.15, 0.2) is 0 Å². The zero-order chi connectivity index (χ0) is 21.9. The molecule has 1 aliphatic heterocycles. The molecule has 1 fully saturated rings. The van der Waals surface area contributed by atoms with E-state index in [9.17, 15) is 13.2 Å². The molecule has 1 saturated heterocycles. The topological polar surface area (TPSA) is 69.7 Å². The monoisotopic (exact) mass is 449 g/mol. The summed E-state index contributed by atoms with van der Waals surface area (Å²) in [6, 6.07) is 11.8. The molecule has 6 nitrogen and oxygen atoms in total. The third-order valence-corrected chi connectivity index (χ3v) is 6.93. The molecule has 0 saturated carbocycles. The number of hydrogen-bond donors (Lipinski definition) is 1. The number of anilines is 3. The highest BCUT2D eigenvalue weighted by atomic mass is 35.5. The van der Waals surface area contributed by atoms with E-state index in [0.717, 1.165) is 34.9 Å². The van der Waals surface area contributed by atoms with Crippen molar-refractivity contribution in [2.45, 2.75) is 39.2 Å². The number of amides is 1. The summed E-state index contributed by atoms with van der Waals surface area (Å²) < 4.78 is 26.3. The fourth-order valence-electron chi connectivity index (χ4n) is 3.74. The highest BCUT2D eigenvalue weighted by Gasteiger charge is 2.31. The first-order valence-electron chi connectivity index (χ1n) is 10.1. The highest BCUT2D eigenvalue weighted by molar-refractivity contribution is 7.92. The van der Waals surface area contributed by atoms with E-state index in [1.807, 2.05) is 31.2 Å². The van der Waals surface area contributed by atoms with Gasteiger partial charge in [-0.05, 0) is 68.1 Å². The highest BCUT2D eigenvalue weighted by Crippen LogP contribution is 2.28. The summed E-state index contributed by atoms with van der Waals surface area (Å²) in [6.45, 7) is 5.72. The van der Waals surface area contributed by atoms with Gasteiger partial charge in [-0.25, -0.2) is 8.42 Å². The van der Waals surface area contributed by atoms with Crippen molar-refractivity contribution >= 4 is 44.6 Å². The van der Waals surface area contributed by atoms with Crippen molar-refractivity contribution in [1.82, 2.24) is 0 Å². The quantitative estimate of drug-likeness (QED) is 0.678. The smallest absolute Gasteiger partial charge is 0.248 e. The van der Waals surface area contributed by atoms with Crippen LogP contribution >= 0.6 is 11.6 Å². The van der Waals surface area contributed by atoms with Gasteiger partial charge in [0.05, 0.1) is 11.9 Å². The van der Waals surface area contributed by atoms with E-state index in [1.165, 1.54) is 12.8 Å². The molecule has 1 N–H and O–H groups in total. The normalized spacial score (nSPS) is 15.1. The van der Waals surface area contributed by atoms with Crippen LogP contribution in [0.3, 0.4) is 0 Å². The maximum Gasteiger partial charge on any atom is 0.248 e. The van der Waals surface area contributed by atoms with Crippen molar-refractivity contribution in [3.8, 4) is 0 Å². The summed E-state index contributed by atoms with van der Waals surface area (Å²) >= 11 is 6.21. The SMILES string of the molecule is CC[C@H](C(=O)Nc1ccc(N2CCCC2)cc1)N(c1ccc(C)c(Cl)c1)S(C)(=O)=O. The first-order valence-corrected chi connectivity index (χ1v) is 12.3. The number of benzene rings is 2. The van der Waals surface area contributed by atoms with Gasteiger partial charge in [-0.15, -0.1) is 0 Å². The van der Waals surface area contributed by atoms with Crippen molar-refractivity contribution in [3.63, 3.8) is 0 Å². The van der Waals surface area contributed by atoms with E-state index in [4.69, 9.17) is 11.6 Å². The van der Waals surface area contributed by atoms with Gasteiger partial charge in [0.25, 0.3) is 0 Å². The van der Waals surface area contributed by atoms with Crippen molar-refractivity contribution < 1.29 is 13.2 Å². The Balaban J connectivity index is 1.82. The summed E-state index contributed by atoms with van der Waals surface area (Å²) in [4.78, 5) is 15.3. The number of halogens is 1. The number of sulfonamides is 1. The molecule has 0 spiro atoms. The summed E-state index contributed by atoms with van der Waals surface area (Å²) in [7, 11) is -3.71. The molecule has 1 heterocycles. The summed E-state index contributed by atoms with van der Waals surface area (Å²) in [6.07, 6.45) is 3.81. The fraction of sp³-hybridized carbons (Fsp3) is 0.409. The Hall–Kier alpha value is -2.25. The third kappa shape index (κ3) is 5.08. The number of nitrogens with zero attached hydrogens (tertiary/aromatic N) is 2.